The first-order valence-electron chi connectivity index (χ1n) is 3.61. The molecule has 14 heavy (non-hydrogen) atoms. The van der Waals surface area contributed by atoms with E-state index in [0.717, 1.165) is 0 Å². The lowest BCUT2D eigenvalue weighted by atomic mass is 10.4. The number of aromatic nitrogens is 3. The number of nitrogens with zero attached hydrogens (tertiary/aromatic N) is 3. The van der Waals surface area contributed by atoms with Gasteiger partial charge in [-0.3, -0.25) is 4.40 Å². The van der Waals surface area contributed by atoms with Gasteiger partial charge in [-0.2, -0.15) is 0 Å². The smallest absolute Gasteiger partial charge is 0.356 e. The van der Waals surface area contributed by atoms with Gasteiger partial charge in [0.15, 0.2) is 5.69 Å². The Balaban J connectivity index is 2.83. The monoisotopic (exact) mass is 256 g/mol. The zero-order valence-corrected chi connectivity index (χ0v) is 8.39. The fraction of sp³-hybridized carbons (Fsp3) is 0. The molecule has 0 saturated heterocycles. The lowest BCUT2D eigenvalue weighted by Gasteiger charge is -2.00. The van der Waals surface area contributed by atoms with Crippen LogP contribution >= 0.6 is 15.9 Å². The summed E-state index contributed by atoms with van der Waals surface area (Å²) in [5, 5.41) is 8.78. The van der Waals surface area contributed by atoms with Crippen molar-refractivity contribution in [2.45, 2.75) is 0 Å². The van der Waals surface area contributed by atoms with Gasteiger partial charge < -0.3 is 10.8 Å². The quantitative estimate of drug-likeness (QED) is 0.786. The predicted molar refractivity (Wildman–Crippen MR) is 52.1 cm³/mol. The molecule has 0 aromatic carbocycles. The Morgan fingerprint density at radius 2 is 2.29 bits per heavy atom. The molecule has 0 aliphatic heterocycles. The normalized spacial score (nSPS) is 10.6. The maximum Gasteiger partial charge on any atom is 0.356 e. The third-order valence-corrected chi connectivity index (χ3v) is 2.39. The summed E-state index contributed by atoms with van der Waals surface area (Å²) in [6, 6.07) is 0. The van der Waals surface area contributed by atoms with Crippen LogP contribution in [0.5, 0.6) is 0 Å². The van der Waals surface area contributed by atoms with Crippen LogP contribution in [0.1, 0.15) is 10.5 Å². The highest BCUT2D eigenvalue weighted by Crippen LogP contribution is 2.19. The van der Waals surface area contributed by atoms with Gasteiger partial charge in [-0.15, -0.1) is 0 Å². The van der Waals surface area contributed by atoms with Crippen LogP contribution in [0, 0.1) is 0 Å². The van der Waals surface area contributed by atoms with E-state index >= 15 is 0 Å². The number of carbonyl (C=O) groups is 1. The number of halogens is 1. The summed E-state index contributed by atoms with van der Waals surface area (Å²) >= 11 is 3.13. The Kier molecular flexibility index (Phi) is 1.88. The summed E-state index contributed by atoms with van der Waals surface area (Å²) in [6.45, 7) is 0. The van der Waals surface area contributed by atoms with E-state index in [9.17, 15) is 4.79 Å². The van der Waals surface area contributed by atoms with E-state index in [1.54, 1.807) is 0 Å². The molecule has 0 bridgehead atoms. The molecule has 0 amide bonds. The Hall–Kier alpha value is -1.63. The highest BCUT2D eigenvalue weighted by molar-refractivity contribution is 9.10. The van der Waals surface area contributed by atoms with Gasteiger partial charge >= 0.3 is 5.97 Å². The molecule has 0 atom stereocenters. The second kappa shape index (κ2) is 2.95. The average molecular weight is 257 g/mol. The molecule has 2 aromatic heterocycles. The van der Waals surface area contributed by atoms with Gasteiger partial charge in [0.2, 0.25) is 0 Å². The molecule has 3 N–H and O–H groups in total. The molecule has 6 nitrogen and oxygen atoms in total. The van der Waals surface area contributed by atoms with E-state index in [1.807, 2.05) is 0 Å². The number of fused-ring (bicyclic) bond motifs is 1. The maximum absolute atomic E-state index is 10.7. The molecule has 0 aliphatic carbocycles. The number of aromatic carboxylic acids is 1. The highest BCUT2D eigenvalue weighted by Gasteiger charge is 2.14. The minimum Gasteiger partial charge on any atom is -0.476 e. The first-order valence-corrected chi connectivity index (χ1v) is 4.41. The highest BCUT2D eigenvalue weighted by atomic mass is 79.9. The second-order valence-corrected chi connectivity index (χ2v) is 3.34. The minimum absolute atomic E-state index is 0.0586. The summed E-state index contributed by atoms with van der Waals surface area (Å²) < 4.78 is 1.92. The summed E-state index contributed by atoms with van der Waals surface area (Å²) in [5.41, 5.74) is 5.97. The molecular weight excluding hydrogens is 252 g/mol. The average Bonchev–Trinajstić information content (AvgIpc) is 2.55. The van der Waals surface area contributed by atoms with Crippen LogP contribution in [0.25, 0.3) is 5.52 Å². The molecule has 2 aromatic rings. The van der Waals surface area contributed by atoms with E-state index in [4.69, 9.17) is 10.8 Å². The second-order valence-electron chi connectivity index (χ2n) is 2.59. The number of carboxylic acids is 1. The van der Waals surface area contributed by atoms with E-state index in [-0.39, 0.29) is 5.69 Å². The lowest BCUT2D eigenvalue weighted by molar-refractivity contribution is 0.0693. The third-order valence-electron chi connectivity index (χ3n) is 1.78. The number of nitrogen functional groups attached to an aromatic ring is 1. The molecule has 2 heterocycles. The van der Waals surface area contributed by atoms with Crippen LogP contribution in [-0.4, -0.2) is 25.4 Å². The molecular formula is C7H5BrN4O2. The van der Waals surface area contributed by atoms with Crippen LogP contribution in [0.15, 0.2) is 17.1 Å². The van der Waals surface area contributed by atoms with E-state index in [1.165, 1.54) is 16.9 Å². The Morgan fingerprint density at radius 1 is 1.57 bits per heavy atom. The largest absolute Gasteiger partial charge is 0.476 e. The molecule has 2 rings (SSSR count). The Labute approximate surface area is 86.5 Å². The number of hydrogen-bond donors (Lipinski definition) is 2. The van der Waals surface area contributed by atoms with Gasteiger partial charge in [0.25, 0.3) is 0 Å². The van der Waals surface area contributed by atoms with Crippen molar-refractivity contribution in [3.63, 3.8) is 0 Å². The van der Waals surface area contributed by atoms with Crippen molar-refractivity contribution < 1.29 is 9.90 Å². The van der Waals surface area contributed by atoms with Gasteiger partial charge in [-0.05, 0) is 15.9 Å². The van der Waals surface area contributed by atoms with Crippen LogP contribution in [0.3, 0.4) is 0 Å². The van der Waals surface area contributed by atoms with E-state index < -0.39 is 5.97 Å². The van der Waals surface area contributed by atoms with Gasteiger partial charge in [-0.25, -0.2) is 14.8 Å². The van der Waals surface area contributed by atoms with Gasteiger partial charge in [-0.1, -0.05) is 0 Å². The third kappa shape index (κ3) is 1.13. The van der Waals surface area contributed by atoms with Crippen molar-refractivity contribution in [3.05, 3.63) is 22.8 Å². The van der Waals surface area contributed by atoms with Crippen LogP contribution in [-0.2, 0) is 0 Å². The van der Waals surface area contributed by atoms with Crippen molar-refractivity contribution in [2.75, 3.05) is 5.73 Å². The molecule has 0 aliphatic rings. The standard InChI is InChI=1S/C7H5BrN4O2/c8-5-6(9)12-2-11-4(7(13)14)3(12)1-10-5/h1-2H,9H2,(H,13,14). The number of carboxylic acid groups (broad SMARTS) is 1. The van der Waals surface area contributed by atoms with Crippen molar-refractivity contribution in [2.24, 2.45) is 0 Å². The molecule has 0 saturated carbocycles. The molecule has 0 unspecified atom stereocenters. The zero-order chi connectivity index (χ0) is 10.3. The summed E-state index contributed by atoms with van der Waals surface area (Å²) in [4.78, 5) is 18.3. The zero-order valence-electron chi connectivity index (χ0n) is 6.81. The number of anilines is 1. The van der Waals surface area contributed by atoms with Crippen LogP contribution in [0.2, 0.25) is 0 Å². The fourth-order valence-electron chi connectivity index (χ4n) is 1.12. The van der Waals surface area contributed by atoms with Crippen LogP contribution in [0.4, 0.5) is 5.82 Å². The SMILES string of the molecule is Nc1c(Br)ncc2c(C(=O)O)ncn12. The minimum atomic E-state index is -1.10. The predicted octanol–water partition coefficient (Wildman–Crippen LogP) is 0.772. The van der Waals surface area contributed by atoms with E-state index in [0.29, 0.717) is 15.9 Å². The fourth-order valence-corrected chi connectivity index (χ4v) is 1.41. The number of hydrogen-bond acceptors (Lipinski definition) is 4. The number of rotatable bonds is 1. The molecule has 0 fully saturated rings. The maximum atomic E-state index is 10.7. The Bertz CT molecular complexity index is 522. The molecule has 0 radical (unpaired) electrons. The summed E-state index contributed by atoms with van der Waals surface area (Å²) in [5.74, 6) is -0.779. The molecule has 7 heteroatoms. The van der Waals surface area contributed by atoms with Crippen LogP contribution < -0.4 is 5.73 Å². The van der Waals surface area contributed by atoms with E-state index in [2.05, 4.69) is 25.9 Å². The summed E-state index contributed by atoms with van der Waals surface area (Å²) in [7, 11) is 0. The Morgan fingerprint density at radius 3 is 2.93 bits per heavy atom. The molecule has 72 valence electrons. The first kappa shape index (κ1) is 8.95. The van der Waals surface area contributed by atoms with Gasteiger partial charge in [0, 0.05) is 0 Å². The number of nitrogens with two attached hydrogens (primary N) is 1. The molecule has 0 spiro atoms. The van der Waals surface area contributed by atoms with Crippen molar-refractivity contribution in [1.82, 2.24) is 14.4 Å². The van der Waals surface area contributed by atoms with Crippen molar-refractivity contribution in [3.8, 4) is 0 Å². The van der Waals surface area contributed by atoms with Gasteiger partial charge in [0.05, 0.1) is 6.20 Å². The van der Waals surface area contributed by atoms with Crippen molar-refractivity contribution >= 4 is 33.2 Å². The number of imidazole rings is 1. The first-order chi connectivity index (χ1) is 6.61. The van der Waals surface area contributed by atoms with Gasteiger partial charge in [0.1, 0.15) is 22.3 Å². The topological polar surface area (TPSA) is 93.5 Å². The van der Waals surface area contributed by atoms with Crippen molar-refractivity contribution in [1.29, 1.82) is 0 Å². The summed E-state index contributed by atoms with van der Waals surface area (Å²) in [6.07, 6.45) is 2.75. The lowest BCUT2D eigenvalue weighted by Crippen LogP contribution is -2.01.